The molecule has 1 unspecified atom stereocenters. The van der Waals surface area contributed by atoms with E-state index >= 15 is 0 Å². The Hall–Kier alpha value is -1.83. The van der Waals surface area contributed by atoms with Gasteiger partial charge in [-0.3, -0.25) is 9.59 Å². The molecule has 0 heterocycles. The molecule has 0 rings (SSSR count). The molecule has 0 aromatic heterocycles. The Morgan fingerprint density at radius 2 is 2.00 bits per heavy atom. The van der Waals surface area contributed by atoms with Gasteiger partial charge in [-0.05, 0) is 13.3 Å². The molecule has 0 spiro atoms. The molecule has 0 radical (unpaired) electrons. The smallest absolute Gasteiger partial charge is 0.323 e. The number of carboxylic acids is 1. The zero-order chi connectivity index (χ0) is 15.5. The average Bonchev–Trinajstić information content (AvgIpc) is 2.37. The lowest BCUT2D eigenvalue weighted by molar-refractivity contribution is -0.137. The zero-order valence-corrected chi connectivity index (χ0v) is 12.1. The number of hydrogen-bond donors (Lipinski definition) is 3. The third kappa shape index (κ3) is 7.57. The number of amides is 3. The fraction of sp³-hybridized carbons (Fsp3) is 0.750. The Balaban J connectivity index is 4.31. The maximum Gasteiger partial charge on any atom is 0.323 e. The van der Waals surface area contributed by atoms with E-state index in [-0.39, 0.29) is 5.91 Å². The molecule has 8 nitrogen and oxygen atoms in total. The lowest BCUT2D eigenvalue weighted by atomic mass is 10.3. The molecule has 0 aliphatic carbocycles. The van der Waals surface area contributed by atoms with E-state index in [1.54, 1.807) is 0 Å². The molecular weight excluding hydrogens is 266 g/mol. The summed E-state index contributed by atoms with van der Waals surface area (Å²) in [4.78, 5) is 35.3. The third-order valence-electron chi connectivity index (χ3n) is 2.45. The van der Waals surface area contributed by atoms with Crippen molar-refractivity contribution in [2.45, 2.75) is 26.3 Å². The molecule has 0 saturated carbocycles. The van der Waals surface area contributed by atoms with E-state index in [9.17, 15) is 14.4 Å². The van der Waals surface area contributed by atoms with Gasteiger partial charge in [-0.2, -0.15) is 0 Å². The second-order valence-electron chi connectivity index (χ2n) is 4.27. The molecule has 3 amide bonds. The Bertz CT molecular complexity index is 335. The van der Waals surface area contributed by atoms with Crippen LogP contribution in [0.3, 0.4) is 0 Å². The van der Waals surface area contributed by atoms with Crippen molar-refractivity contribution in [2.75, 3.05) is 33.4 Å². The number of aliphatic carboxylic acids is 1. The van der Waals surface area contributed by atoms with Crippen molar-refractivity contribution < 1.29 is 24.2 Å². The van der Waals surface area contributed by atoms with Crippen molar-refractivity contribution in [3.05, 3.63) is 0 Å². The van der Waals surface area contributed by atoms with Crippen molar-refractivity contribution in [1.29, 1.82) is 0 Å². The van der Waals surface area contributed by atoms with Crippen LogP contribution in [-0.2, 0) is 14.3 Å². The van der Waals surface area contributed by atoms with Crippen LogP contribution in [0.1, 0.15) is 20.3 Å². The van der Waals surface area contributed by atoms with Crippen LogP contribution in [0.2, 0.25) is 0 Å². The minimum absolute atomic E-state index is 0.316. The second-order valence-corrected chi connectivity index (χ2v) is 4.27. The molecule has 0 aromatic rings. The van der Waals surface area contributed by atoms with Gasteiger partial charge in [0.05, 0.1) is 6.61 Å². The predicted octanol–water partition coefficient (Wildman–Crippen LogP) is -0.356. The van der Waals surface area contributed by atoms with Crippen molar-refractivity contribution in [1.82, 2.24) is 15.5 Å². The van der Waals surface area contributed by atoms with Gasteiger partial charge in [0.25, 0.3) is 0 Å². The summed E-state index contributed by atoms with van der Waals surface area (Å²) < 4.78 is 4.79. The van der Waals surface area contributed by atoms with Crippen molar-refractivity contribution in [2.24, 2.45) is 0 Å². The lowest BCUT2D eigenvalue weighted by Crippen LogP contribution is -2.51. The van der Waals surface area contributed by atoms with Crippen LogP contribution < -0.4 is 10.6 Å². The molecule has 0 bridgehead atoms. The number of hydrogen-bond acceptors (Lipinski definition) is 4. The van der Waals surface area contributed by atoms with Gasteiger partial charge in [0.15, 0.2) is 0 Å². The van der Waals surface area contributed by atoms with Crippen molar-refractivity contribution >= 4 is 17.9 Å². The van der Waals surface area contributed by atoms with Crippen LogP contribution in [0.15, 0.2) is 0 Å². The number of methoxy groups -OCH3 is 1. The second kappa shape index (κ2) is 10.0. The number of nitrogens with zero attached hydrogens (tertiary/aromatic N) is 1. The molecule has 0 aromatic carbocycles. The summed E-state index contributed by atoms with van der Waals surface area (Å²) >= 11 is 0. The number of rotatable bonds is 9. The number of urea groups is 1. The summed E-state index contributed by atoms with van der Waals surface area (Å²) in [6.07, 6.45) is 0.634. The first-order valence-electron chi connectivity index (χ1n) is 6.46. The largest absolute Gasteiger partial charge is 0.480 e. The Morgan fingerprint density at radius 3 is 2.50 bits per heavy atom. The highest BCUT2D eigenvalue weighted by atomic mass is 16.5. The maximum atomic E-state index is 11.9. The number of ether oxygens (including phenoxy) is 1. The van der Waals surface area contributed by atoms with Crippen LogP contribution in [0.25, 0.3) is 0 Å². The standard InChI is InChI=1S/C12H23N3O5/c1-4-6-15(8-10(16)17)12(19)14-9(2)11(18)13-5-7-20-3/h9H,4-8H2,1-3H3,(H,13,18)(H,14,19)(H,16,17). The fourth-order valence-corrected chi connectivity index (χ4v) is 1.46. The van der Waals surface area contributed by atoms with Crippen LogP contribution in [0.4, 0.5) is 4.79 Å². The SMILES string of the molecule is CCCN(CC(=O)O)C(=O)NC(C)C(=O)NCCOC. The highest BCUT2D eigenvalue weighted by Crippen LogP contribution is 1.94. The van der Waals surface area contributed by atoms with Crippen LogP contribution in [0.5, 0.6) is 0 Å². The first-order chi connectivity index (χ1) is 9.42. The van der Waals surface area contributed by atoms with Gasteiger partial charge in [0.1, 0.15) is 12.6 Å². The van der Waals surface area contributed by atoms with E-state index in [2.05, 4.69) is 10.6 Å². The van der Waals surface area contributed by atoms with Gasteiger partial charge in [0.2, 0.25) is 5.91 Å². The maximum absolute atomic E-state index is 11.9. The average molecular weight is 289 g/mol. The number of carbonyl (C=O) groups excluding carboxylic acids is 2. The quantitative estimate of drug-likeness (QED) is 0.503. The summed E-state index contributed by atoms with van der Waals surface area (Å²) in [5, 5.41) is 13.8. The fourth-order valence-electron chi connectivity index (χ4n) is 1.46. The van der Waals surface area contributed by atoms with Gasteiger partial charge in [-0.25, -0.2) is 4.79 Å². The highest BCUT2D eigenvalue weighted by molar-refractivity contribution is 5.87. The monoisotopic (exact) mass is 289 g/mol. The van der Waals surface area contributed by atoms with Crippen LogP contribution >= 0.6 is 0 Å². The molecule has 0 saturated heterocycles. The summed E-state index contributed by atoms with van der Waals surface area (Å²) in [6, 6.07) is -1.31. The first-order valence-corrected chi connectivity index (χ1v) is 6.46. The first kappa shape index (κ1) is 18.2. The topological polar surface area (TPSA) is 108 Å². The van der Waals surface area contributed by atoms with Crippen LogP contribution in [0, 0.1) is 0 Å². The molecule has 8 heteroatoms. The van der Waals surface area contributed by atoms with Gasteiger partial charge in [0, 0.05) is 20.2 Å². The predicted molar refractivity (Wildman–Crippen MR) is 72.4 cm³/mol. The number of carbonyl (C=O) groups is 3. The van der Waals surface area contributed by atoms with E-state index in [4.69, 9.17) is 9.84 Å². The van der Waals surface area contributed by atoms with E-state index in [1.165, 1.54) is 14.0 Å². The van der Waals surface area contributed by atoms with E-state index in [0.717, 1.165) is 4.90 Å². The summed E-state index contributed by atoms with van der Waals surface area (Å²) in [5.74, 6) is -1.44. The Kier molecular flexibility index (Phi) is 9.10. The van der Waals surface area contributed by atoms with Gasteiger partial charge < -0.3 is 25.4 Å². The van der Waals surface area contributed by atoms with E-state index in [1.807, 2.05) is 6.92 Å². The molecule has 0 aliphatic heterocycles. The van der Waals surface area contributed by atoms with Gasteiger partial charge in [-0.15, -0.1) is 0 Å². The number of carboxylic acid groups (broad SMARTS) is 1. The molecular formula is C12H23N3O5. The number of nitrogens with one attached hydrogen (secondary N) is 2. The minimum Gasteiger partial charge on any atom is -0.480 e. The van der Waals surface area contributed by atoms with Gasteiger partial charge >= 0.3 is 12.0 Å². The summed E-state index contributed by atoms with van der Waals surface area (Å²) in [5.41, 5.74) is 0. The van der Waals surface area contributed by atoms with E-state index < -0.39 is 24.6 Å². The minimum atomic E-state index is -1.09. The molecule has 3 N–H and O–H groups in total. The normalized spacial score (nSPS) is 11.6. The van der Waals surface area contributed by atoms with Crippen LogP contribution in [-0.4, -0.2) is 67.3 Å². The molecule has 116 valence electrons. The lowest BCUT2D eigenvalue weighted by Gasteiger charge is -2.23. The molecule has 20 heavy (non-hydrogen) atoms. The zero-order valence-electron chi connectivity index (χ0n) is 12.1. The molecule has 1 atom stereocenters. The molecule has 0 fully saturated rings. The molecule has 0 aliphatic rings. The van der Waals surface area contributed by atoms with Crippen molar-refractivity contribution in [3.63, 3.8) is 0 Å². The summed E-state index contributed by atoms with van der Waals surface area (Å²) in [6.45, 7) is 4.03. The van der Waals surface area contributed by atoms with E-state index in [0.29, 0.717) is 26.1 Å². The van der Waals surface area contributed by atoms with Crippen molar-refractivity contribution in [3.8, 4) is 0 Å². The Morgan fingerprint density at radius 1 is 1.35 bits per heavy atom. The van der Waals surface area contributed by atoms with Gasteiger partial charge in [-0.1, -0.05) is 6.92 Å². The third-order valence-corrected chi connectivity index (χ3v) is 2.45. The Labute approximate surface area is 118 Å². The summed E-state index contributed by atoms with van der Waals surface area (Å²) in [7, 11) is 1.52. The highest BCUT2D eigenvalue weighted by Gasteiger charge is 2.20.